The van der Waals surface area contributed by atoms with Crippen molar-refractivity contribution in [2.24, 2.45) is 5.92 Å². The molecule has 2 aromatic rings. The van der Waals surface area contributed by atoms with E-state index in [2.05, 4.69) is 29.4 Å². The molecular weight excluding hydrogens is 254 g/mol. The van der Waals surface area contributed by atoms with Gasteiger partial charge in [0, 0.05) is 5.39 Å². The van der Waals surface area contributed by atoms with Crippen LogP contribution in [0.2, 0.25) is 0 Å². The van der Waals surface area contributed by atoms with Crippen LogP contribution in [0.15, 0.2) is 18.2 Å². The number of carbonyl (C=O) groups is 1. The second-order valence-corrected chi connectivity index (χ2v) is 5.60. The van der Waals surface area contributed by atoms with Crippen LogP contribution in [0.25, 0.3) is 10.9 Å². The van der Waals surface area contributed by atoms with E-state index in [1.165, 1.54) is 0 Å². The first-order chi connectivity index (χ1) is 9.51. The second-order valence-electron chi connectivity index (χ2n) is 5.60. The summed E-state index contributed by atoms with van der Waals surface area (Å²) in [5.41, 5.74) is 2.30. The molecule has 1 aromatic carbocycles. The number of H-pyrrole nitrogens is 1. The highest BCUT2D eigenvalue weighted by Gasteiger charge is 2.18. The monoisotopic (exact) mass is 275 g/mol. The smallest absolute Gasteiger partial charge is 0.272 e. The van der Waals surface area contributed by atoms with Crippen LogP contribution in [0.5, 0.6) is 0 Å². The fourth-order valence-electron chi connectivity index (χ4n) is 2.30. The fourth-order valence-corrected chi connectivity index (χ4v) is 2.30. The average molecular weight is 275 g/mol. The fraction of sp³-hybridized carbons (Fsp3) is 0.467. The van der Waals surface area contributed by atoms with Gasteiger partial charge in [-0.2, -0.15) is 5.10 Å². The molecule has 5 nitrogen and oxygen atoms in total. The number of aromatic amines is 1. The Morgan fingerprint density at radius 3 is 2.85 bits per heavy atom. The third kappa shape index (κ3) is 3.17. The standard InChI is InChI=1S/C15H21N3O2/c1-9(2)6-11(8-19)16-15(20)14-12-7-10(3)4-5-13(12)17-18-14/h4-5,7,9,11,19H,6,8H2,1-3H3,(H,16,20)(H,17,18). The maximum absolute atomic E-state index is 12.3. The SMILES string of the molecule is Cc1ccc2[nH]nc(C(=O)NC(CO)CC(C)C)c2c1. The molecule has 0 spiro atoms. The minimum Gasteiger partial charge on any atom is -0.394 e. The Labute approximate surface area is 118 Å². The van der Waals surface area contributed by atoms with Crippen molar-refractivity contribution in [2.75, 3.05) is 6.61 Å². The number of aliphatic hydroxyl groups excluding tert-OH is 1. The normalized spacial score (nSPS) is 12.8. The summed E-state index contributed by atoms with van der Waals surface area (Å²) in [5, 5.41) is 19.9. The molecule has 3 N–H and O–H groups in total. The van der Waals surface area contributed by atoms with Gasteiger partial charge in [-0.1, -0.05) is 25.5 Å². The van der Waals surface area contributed by atoms with E-state index in [1.54, 1.807) is 0 Å². The summed E-state index contributed by atoms with van der Waals surface area (Å²) in [7, 11) is 0. The van der Waals surface area contributed by atoms with Crippen LogP contribution in [0.1, 0.15) is 36.3 Å². The molecule has 1 atom stereocenters. The zero-order valence-electron chi connectivity index (χ0n) is 12.1. The largest absolute Gasteiger partial charge is 0.394 e. The number of aliphatic hydroxyl groups is 1. The molecule has 0 saturated heterocycles. The van der Waals surface area contributed by atoms with Crippen LogP contribution >= 0.6 is 0 Å². The summed E-state index contributed by atoms with van der Waals surface area (Å²) in [6, 6.07) is 5.58. The average Bonchev–Trinajstić information content (AvgIpc) is 2.80. The lowest BCUT2D eigenvalue weighted by atomic mass is 10.0. The number of nitrogens with one attached hydrogen (secondary N) is 2. The van der Waals surface area contributed by atoms with Gasteiger partial charge in [0.05, 0.1) is 18.2 Å². The Morgan fingerprint density at radius 1 is 1.45 bits per heavy atom. The van der Waals surface area contributed by atoms with Gasteiger partial charge in [0.1, 0.15) is 0 Å². The van der Waals surface area contributed by atoms with Gasteiger partial charge in [-0.05, 0) is 31.4 Å². The summed E-state index contributed by atoms with van der Waals surface area (Å²) in [6.07, 6.45) is 0.740. The van der Waals surface area contributed by atoms with Gasteiger partial charge >= 0.3 is 0 Å². The van der Waals surface area contributed by atoms with E-state index in [9.17, 15) is 9.90 Å². The molecule has 0 fully saturated rings. The highest BCUT2D eigenvalue weighted by atomic mass is 16.3. The number of hydrogen-bond acceptors (Lipinski definition) is 3. The van der Waals surface area contributed by atoms with Gasteiger partial charge in [-0.15, -0.1) is 0 Å². The number of benzene rings is 1. The maximum Gasteiger partial charge on any atom is 0.272 e. The molecule has 1 heterocycles. The third-order valence-corrected chi connectivity index (χ3v) is 3.24. The number of aromatic nitrogens is 2. The van der Waals surface area contributed by atoms with Gasteiger partial charge in [0.15, 0.2) is 5.69 Å². The lowest BCUT2D eigenvalue weighted by Gasteiger charge is -2.17. The van der Waals surface area contributed by atoms with Gasteiger partial charge in [0.2, 0.25) is 0 Å². The molecule has 1 unspecified atom stereocenters. The molecular formula is C15H21N3O2. The van der Waals surface area contributed by atoms with Gasteiger partial charge < -0.3 is 10.4 Å². The van der Waals surface area contributed by atoms with E-state index >= 15 is 0 Å². The second kappa shape index (κ2) is 6.05. The van der Waals surface area contributed by atoms with Crippen LogP contribution in [-0.2, 0) is 0 Å². The molecule has 0 aliphatic carbocycles. The third-order valence-electron chi connectivity index (χ3n) is 3.24. The lowest BCUT2D eigenvalue weighted by molar-refractivity contribution is 0.0905. The molecule has 20 heavy (non-hydrogen) atoms. The van der Waals surface area contributed by atoms with Crippen LogP contribution in [0.4, 0.5) is 0 Å². The first-order valence-corrected chi connectivity index (χ1v) is 6.87. The number of rotatable bonds is 5. The minimum atomic E-state index is -0.249. The molecule has 0 bridgehead atoms. The van der Waals surface area contributed by atoms with Crippen molar-refractivity contribution < 1.29 is 9.90 Å². The molecule has 108 valence electrons. The van der Waals surface area contributed by atoms with Crippen molar-refractivity contribution in [3.63, 3.8) is 0 Å². The van der Waals surface area contributed by atoms with E-state index < -0.39 is 0 Å². The van der Waals surface area contributed by atoms with Crippen LogP contribution in [-0.4, -0.2) is 33.9 Å². The van der Waals surface area contributed by atoms with Crippen molar-refractivity contribution in [1.29, 1.82) is 0 Å². The molecule has 0 saturated carbocycles. The highest BCUT2D eigenvalue weighted by molar-refractivity contribution is 6.04. The summed E-state index contributed by atoms with van der Waals surface area (Å²) in [6.45, 7) is 6.03. The lowest BCUT2D eigenvalue weighted by Crippen LogP contribution is -2.38. The van der Waals surface area contributed by atoms with Crippen molar-refractivity contribution in [1.82, 2.24) is 15.5 Å². The van der Waals surface area contributed by atoms with E-state index in [-0.39, 0.29) is 18.6 Å². The number of amides is 1. The molecule has 1 aromatic heterocycles. The van der Waals surface area contributed by atoms with Gasteiger partial charge in [-0.25, -0.2) is 0 Å². The van der Waals surface area contributed by atoms with Crippen molar-refractivity contribution in [3.05, 3.63) is 29.5 Å². The van der Waals surface area contributed by atoms with Crippen molar-refractivity contribution in [3.8, 4) is 0 Å². The highest BCUT2D eigenvalue weighted by Crippen LogP contribution is 2.17. The van der Waals surface area contributed by atoms with Crippen LogP contribution < -0.4 is 5.32 Å². The van der Waals surface area contributed by atoms with Crippen LogP contribution in [0, 0.1) is 12.8 Å². The number of carbonyl (C=O) groups excluding carboxylic acids is 1. The number of nitrogens with zero attached hydrogens (tertiary/aromatic N) is 1. The summed E-state index contributed by atoms with van der Waals surface area (Å²) in [5.74, 6) is 0.159. The summed E-state index contributed by atoms with van der Waals surface area (Å²) < 4.78 is 0. The van der Waals surface area contributed by atoms with Crippen molar-refractivity contribution >= 4 is 16.8 Å². The molecule has 0 aliphatic heterocycles. The Balaban J connectivity index is 2.20. The molecule has 5 heteroatoms. The molecule has 2 rings (SSSR count). The topological polar surface area (TPSA) is 78.0 Å². The molecule has 0 radical (unpaired) electrons. The Bertz CT molecular complexity index is 604. The Hall–Kier alpha value is -1.88. The summed E-state index contributed by atoms with van der Waals surface area (Å²) in [4.78, 5) is 12.3. The first-order valence-electron chi connectivity index (χ1n) is 6.87. The summed E-state index contributed by atoms with van der Waals surface area (Å²) >= 11 is 0. The van der Waals surface area contributed by atoms with E-state index in [1.807, 2.05) is 25.1 Å². The number of aryl methyl sites for hydroxylation is 1. The zero-order chi connectivity index (χ0) is 14.7. The number of hydrogen-bond donors (Lipinski definition) is 3. The minimum absolute atomic E-state index is 0.0642. The predicted octanol–water partition coefficient (Wildman–Crippen LogP) is 2.01. The first kappa shape index (κ1) is 14.5. The molecule has 1 amide bonds. The predicted molar refractivity (Wildman–Crippen MR) is 78.6 cm³/mol. The van der Waals surface area contributed by atoms with Crippen LogP contribution in [0.3, 0.4) is 0 Å². The van der Waals surface area contributed by atoms with Gasteiger partial charge in [0.25, 0.3) is 5.91 Å². The number of fused-ring (bicyclic) bond motifs is 1. The Kier molecular flexibility index (Phi) is 4.39. The zero-order valence-corrected chi connectivity index (χ0v) is 12.1. The maximum atomic E-state index is 12.3. The molecule has 0 aliphatic rings. The quantitative estimate of drug-likeness (QED) is 0.781. The van der Waals surface area contributed by atoms with E-state index in [0.717, 1.165) is 22.9 Å². The van der Waals surface area contributed by atoms with E-state index in [0.29, 0.717) is 11.6 Å². The van der Waals surface area contributed by atoms with Gasteiger partial charge in [-0.3, -0.25) is 9.89 Å². The van der Waals surface area contributed by atoms with Crippen molar-refractivity contribution in [2.45, 2.75) is 33.2 Å². The van der Waals surface area contributed by atoms with E-state index in [4.69, 9.17) is 0 Å². The Morgan fingerprint density at radius 2 is 2.20 bits per heavy atom.